The van der Waals surface area contributed by atoms with Crippen LogP contribution in [0.1, 0.15) is 55.5 Å². The zero-order valence-corrected chi connectivity index (χ0v) is 14.3. The first-order valence-corrected chi connectivity index (χ1v) is 8.32. The van der Waals surface area contributed by atoms with E-state index in [0.717, 1.165) is 6.54 Å². The number of hydrogen-bond acceptors (Lipinski definition) is 1. The fraction of sp³-hybridized carbons (Fsp3) is 0.429. The second-order valence-electron chi connectivity index (χ2n) is 7.62. The van der Waals surface area contributed by atoms with Crippen molar-refractivity contribution in [1.82, 2.24) is 4.90 Å². The van der Waals surface area contributed by atoms with Crippen molar-refractivity contribution >= 4 is 0 Å². The van der Waals surface area contributed by atoms with Crippen LogP contribution < -0.4 is 0 Å². The minimum absolute atomic E-state index is 0.231. The highest BCUT2D eigenvalue weighted by Gasteiger charge is 2.25. The minimum Gasteiger partial charge on any atom is -0.295 e. The van der Waals surface area contributed by atoms with Crippen molar-refractivity contribution in [1.29, 1.82) is 0 Å². The molecule has 22 heavy (non-hydrogen) atoms. The smallest absolute Gasteiger partial charge is 0.0354 e. The average molecular weight is 293 g/mol. The molecule has 0 spiro atoms. The molecule has 0 radical (unpaired) electrons. The maximum atomic E-state index is 2.50. The van der Waals surface area contributed by atoms with Gasteiger partial charge in [0.15, 0.2) is 0 Å². The monoisotopic (exact) mass is 293 g/mol. The van der Waals surface area contributed by atoms with E-state index in [0.29, 0.717) is 6.04 Å². The zero-order chi connectivity index (χ0) is 15.7. The lowest BCUT2D eigenvalue weighted by Crippen LogP contribution is -2.22. The molecule has 1 heteroatoms. The van der Waals surface area contributed by atoms with Crippen LogP contribution in [0.2, 0.25) is 0 Å². The third-order valence-corrected chi connectivity index (χ3v) is 4.89. The van der Waals surface area contributed by atoms with E-state index < -0.39 is 0 Å². The van der Waals surface area contributed by atoms with Crippen molar-refractivity contribution < 1.29 is 0 Å². The van der Waals surface area contributed by atoms with Gasteiger partial charge < -0.3 is 0 Å². The van der Waals surface area contributed by atoms with Crippen LogP contribution in [0, 0.1) is 0 Å². The van der Waals surface area contributed by atoms with Crippen LogP contribution in [0.25, 0.3) is 0 Å². The van der Waals surface area contributed by atoms with Crippen LogP contribution in [0.4, 0.5) is 0 Å². The van der Waals surface area contributed by atoms with Gasteiger partial charge in [0.2, 0.25) is 0 Å². The molecule has 1 atom stereocenters. The molecule has 1 unspecified atom stereocenters. The van der Waals surface area contributed by atoms with Crippen LogP contribution >= 0.6 is 0 Å². The molecule has 0 saturated carbocycles. The maximum absolute atomic E-state index is 2.50. The molecule has 0 aromatic heterocycles. The molecule has 0 saturated heterocycles. The Morgan fingerprint density at radius 1 is 1.00 bits per heavy atom. The summed E-state index contributed by atoms with van der Waals surface area (Å²) >= 11 is 0. The molecule has 2 aromatic rings. The van der Waals surface area contributed by atoms with E-state index in [4.69, 9.17) is 0 Å². The standard InChI is InChI=1S/C21H27N/c1-21(2,3)18-12-9-16(10-13-18)15-22(4)20-14-11-17-7-5-6-8-19(17)20/h5-10,12-13,20H,11,14-15H2,1-4H3. The molecular weight excluding hydrogens is 266 g/mol. The Kier molecular flexibility index (Phi) is 4.10. The van der Waals surface area contributed by atoms with Crippen LogP contribution in [0.5, 0.6) is 0 Å². The quantitative estimate of drug-likeness (QED) is 0.760. The van der Waals surface area contributed by atoms with Gasteiger partial charge in [-0.15, -0.1) is 0 Å². The van der Waals surface area contributed by atoms with Gasteiger partial charge in [0.25, 0.3) is 0 Å². The predicted molar refractivity (Wildman–Crippen MR) is 94.1 cm³/mol. The Bertz CT molecular complexity index is 634. The normalized spacial score (nSPS) is 17.8. The summed E-state index contributed by atoms with van der Waals surface area (Å²) in [6.07, 6.45) is 2.46. The Labute approximate surface area is 135 Å². The van der Waals surface area contributed by atoms with E-state index in [1.807, 2.05) is 0 Å². The number of hydrogen-bond donors (Lipinski definition) is 0. The Hall–Kier alpha value is -1.60. The lowest BCUT2D eigenvalue weighted by Gasteiger charge is -2.26. The summed E-state index contributed by atoms with van der Waals surface area (Å²) in [5.41, 5.74) is 6.10. The second-order valence-corrected chi connectivity index (χ2v) is 7.62. The largest absolute Gasteiger partial charge is 0.295 e. The van der Waals surface area contributed by atoms with Crippen LogP contribution in [0.3, 0.4) is 0 Å². The van der Waals surface area contributed by atoms with Crippen LogP contribution in [-0.2, 0) is 18.4 Å². The average Bonchev–Trinajstić information content (AvgIpc) is 2.91. The van der Waals surface area contributed by atoms with Gasteiger partial charge in [-0.2, -0.15) is 0 Å². The number of rotatable bonds is 3. The molecule has 1 aliphatic rings. The number of benzene rings is 2. The highest BCUT2D eigenvalue weighted by Crippen LogP contribution is 2.35. The molecule has 0 N–H and O–H groups in total. The molecule has 1 aliphatic carbocycles. The van der Waals surface area contributed by atoms with Crippen molar-refractivity contribution in [3.05, 3.63) is 70.8 Å². The van der Waals surface area contributed by atoms with Crippen molar-refractivity contribution in [3.63, 3.8) is 0 Å². The lowest BCUT2D eigenvalue weighted by molar-refractivity contribution is 0.236. The van der Waals surface area contributed by atoms with Crippen LogP contribution in [0.15, 0.2) is 48.5 Å². The van der Waals surface area contributed by atoms with E-state index in [2.05, 4.69) is 81.2 Å². The van der Waals surface area contributed by atoms with Gasteiger partial charge in [0.1, 0.15) is 0 Å². The highest BCUT2D eigenvalue weighted by atomic mass is 15.1. The Morgan fingerprint density at radius 2 is 1.68 bits per heavy atom. The summed E-state index contributed by atoms with van der Waals surface area (Å²) in [6, 6.07) is 18.6. The van der Waals surface area contributed by atoms with Crippen molar-refractivity contribution in [3.8, 4) is 0 Å². The third-order valence-electron chi connectivity index (χ3n) is 4.89. The van der Waals surface area contributed by atoms with Gasteiger partial charge in [0.05, 0.1) is 0 Å². The predicted octanol–water partition coefficient (Wildman–Crippen LogP) is 5.10. The van der Waals surface area contributed by atoms with E-state index in [9.17, 15) is 0 Å². The van der Waals surface area contributed by atoms with Gasteiger partial charge in [-0.05, 0) is 47.6 Å². The molecule has 0 aliphatic heterocycles. The first-order chi connectivity index (χ1) is 10.4. The number of fused-ring (bicyclic) bond motifs is 1. The molecule has 0 amide bonds. The van der Waals surface area contributed by atoms with E-state index in [1.54, 1.807) is 0 Å². The van der Waals surface area contributed by atoms with Gasteiger partial charge >= 0.3 is 0 Å². The fourth-order valence-electron chi connectivity index (χ4n) is 3.50. The lowest BCUT2D eigenvalue weighted by atomic mass is 9.87. The molecular formula is C21H27N. The molecule has 1 nitrogen and oxygen atoms in total. The summed E-state index contributed by atoms with van der Waals surface area (Å²) in [5, 5.41) is 0. The summed E-state index contributed by atoms with van der Waals surface area (Å²) in [4.78, 5) is 2.50. The van der Waals surface area contributed by atoms with Gasteiger partial charge in [-0.25, -0.2) is 0 Å². The molecule has 0 bridgehead atoms. The van der Waals surface area contributed by atoms with Crippen molar-refractivity contribution in [2.24, 2.45) is 0 Å². The van der Waals surface area contributed by atoms with Gasteiger partial charge in [0, 0.05) is 12.6 Å². The van der Waals surface area contributed by atoms with E-state index >= 15 is 0 Å². The topological polar surface area (TPSA) is 3.24 Å². The van der Waals surface area contributed by atoms with Crippen molar-refractivity contribution in [2.75, 3.05) is 7.05 Å². The number of nitrogens with zero attached hydrogens (tertiary/aromatic N) is 1. The second kappa shape index (κ2) is 5.89. The molecule has 2 aromatic carbocycles. The van der Waals surface area contributed by atoms with Gasteiger partial charge in [-0.1, -0.05) is 69.3 Å². The molecule has 0 fully saturated rings. The fourth-order valence-corrected chi connectivity index (χ4v) is 3.50. The zero-order valence-electron chi connectivity index (χ0n) is 14.3. The SMILES string of the molecule is CN(Cc1ccc(C(C)(C)C)cc1)C1CCc2ccccc21. The first-order valence-electron chi connectivity index (χ1n) is 8.32. The molecule has 3 rings (SSSR count). The summed E-state index contributed by atoms with van der Waals surface area (Å²) in [6.45, 7) is 7.82. The van der Waals surface area contributed by atoms with Crippen molar-refractivity contribution in [2.45, 2.75) is 51.6 Å². The molecule has 0 heterocycles. The van der Waals surface area contributed by atoms with E-state index in [-0.39, 0.29) is 5.41 Å². The Morgan fingerprint density at radius 3 is 2.36 bits per heavy atom. The Balaban J connectivity index is 1.71. The highest BCUT2D eigenvalue weighted by molar-refractivity contribution is 5.34. The van der Waals surface area contributed by atoms with E-state index in [1.165, 1.54) is 35.1 Å². The van der Waals surface area contributed by atoms with Gasteiger partial charge in [-0.3, -0.25) is 4.90 Å². The first kappa shape index (κ1) is 15.3. The van der Waals surface area contributed by atoms with Crippen LogP contribution in [-0.4, -0.2) is 11.9 Å². The minimum atomic E-state index is 0.231. The summed E-state index contributed by atoms with van der Waals surface area (Å²) in [5.74, 6) is 0. The summed E-state index contributed by atoms with van der Waals surface area (Å²) in [7, 11) is 2.25. The maximum Gasteiger partial charge on any atom is 0.0354 e. The third kappa shape index (κ3) is 3.10. The number of aryl methyl sites for hydroxylation is 1. The summed E-state index contributed by atoms with van der Waals surface area (Å²) < 4.78 is 0. The molecule has 116 valence electrons.